The van der Waals surface area contributed by atoms with Crippen molar-refractivity contribution in [1.29, 1.82) is 0 Å². The molecule has 0 bridgehead atoms. The Hall–Kier alpha value is 0.452. The maximum Gasteiger partial charge on any atom is 0.0274 e. The molecule has 0 amide bonds. The van der Waals surface area contributed by atoms with Gasteiger partial charge in [-0.3, -0.25) is 0 Å². The van der Waals surface area contributed by atoms with Crippen LogP contribution in [0.5, 0.6) is 0 Å². The fourth-order valence-electron chi connectivity index (χ4n) is 0. The molecule has 0 rings (SSSR count). The summed E-state index contributed by atoms with van der Waals surface area (Å²) in [7, 11) is 0. The van der Waals surface area contributed by atoms with Crippen molar-refractivity contribution in [2.45, 2.75) is 38.8 Å². The van der Waals surface area contributed by atoms with E-state index in [1.165, 1.54) is 0 Å². The van der Waals surface area contributed by atoms with Crippen molar-refractivity contribution < 1.29 is 0 Å². The molecule has 0 aliphatic rings. The van der Waals surface area contributed by atoms with Gasteiger partial charge < -0.3 is 11.5 Å². The molecule has 4 N–H and O–H groups in total. The van der Waals surface area contributed by atoms with Crippen LogP contribution < -0.4 is 11.5 Å². The maximum atomic E-state index is 5.69. The Morgan fingerprint density at radius 3 is 0.889 bits per heavy atom. The zero-order valence-electron chi connectivity index (χ0n) is 6.73. The fourth-order valence-corrected chi connectivity index (χ4v) is 0. The third-order valence-electron chi connectivity index (χ3n) is 1.66. The van der Waals surface area contributed by atoms with Gasteiger partial charge in [0.15, 0.2) is 0 Å². The van der Waals surface area contributed by atoms with Crippen LogP contribution in [0.25, 0.3) is 0 Å². The Labute approximate surface area is 68.1 Å². The van der Waals surface area contributed by atoms with Gasteiger partial charge in [-0.2, -0.15) is 0 Å². The van der Waals surface area contributed by atoms with Crippen molar-refractivity contribution in [3.63, 3.8) is 0 Å². The standard InChI is InChI=1S/C6H16N2.Al/c1-5(2,7)6(3,4)8;/h7-8H2,1-4H3;. The Morgan fingerprint density at radius 2 is 0.889 bits per heavy atom. The lowest BCUT2D eigenvalue weighted by Crippen LogP contribution is -2.58. The van der Waals surface area contributed by atoms with Crippen LogP contribution in [0.1, 0.15) is 27.7 Å². The second-order valence-electron chi connectivity index (χ2n) is 3.44. The third kappa shape index (κ3) is 3.94. The zero-order chi connectivity index (χ0) is 7.00. The quantitative estimate of drug-likeness (QED) is 0.511. The highest BCUT2D eigenvalue weighted by atomic mass is 27.0. The highest BCUT2D eigenvalue weighted by molar-refractivity contribution is 5.75. The second-order valence-corrected chi connectivity index (χ2v) is 3.44. The zero-order valence-corrected chi connectivity index (χ0v) is 7.89. The largest absolute Gasteiger partial charge is 0.324 e. The Kier molecular flexibility index (Phi) is 4.09. The molecule has 0 atom stereocenters. The highest BCUT2D eigenvalue weighted by Gasteiger charge is 2.28. The van der Waals surface area contributed by atoms with E-state index in [-0.39, 0.29) is 28.4 Å². The summed E-state index contributed by atoms with van der Waals surface area (Å²) in [6, 6.07) is 0. The van der Waals surface area contributed by atoms with Gasteiger partial charge in [-0.05, 0) is 27.7 Å². The van der Waals surface area contributed by atoms with Gasteiger partial charge >= 0.3 is 0 Å². The Bertz CT molecular complexity index is 66.0. The number of hydrogen-bond acceptors (Lipinski definition) is 2. The summed E-state index contributed by atoms with van der Waals surface area (Å²) < 4.78 is 0. The topological polar surface area (TPSA) is 52.0 Å². The van der Waals surface area contributed by atoms with Crippen LogP contribution in [0.3, 0.4) is 0 Å². The van der Waals surface area contributed by atoms with Crippen LogP contribution in [-0.4, -0.2) is 28.4 Å². The molecule has 0 heterocycles. The minimum atomic E-state index is -0.285. The lowest BCUT2D eigenvalue weighted by atomic mass is 9.85. The first-order chi connectivity index (χ1) is 3.25. The van der Waals surface area contributed by atoms with Gasteiger partial charge in [0.1, 0.15) is 0 Å². The predicted molar refractivity (Wildman–Crippen MR) is 42.3 cm³/mol. The summed E-state index contributed by atoms with van der Waals surface area (Å²) in [5.74, 6) is 0. The number of rotatable bonds is 1. The molecular formula is C6H16AlN2. The average Bonchev–Trinajstić information content (AvgIpc) is 1.25. The summed E-state index contributed by atoms with van der Waals surface area (Å²) in [5.41, 5.74) is 10.8. The SMILES string of the molecule is CC(C)(N)C(C)(C)N.[Al]. The van der Waals surface area contributed by atoms with E-state index in [4.69, 9.17) is 11.5 Å². The van der Waals surface area contributed by atoms with Gasteiger partial charge in [0.25, 0.3) is 0 Å². The van der Waals surface area contributed by atoms with Crippen LogP contribution >= 0.6 is 0 Å². The first-order valence-corrected chi connectivity index (χ1v) is 2.83. The van der Waals surface area contributed by atoms with E-state index < -0.39 is 0 Å². The third-order valence-corrected chi connectivity index (χ3v) is 1.66. The van der Waals surface area contributed by atoms with Crippen LogP contribution in [0.2, 0.25) is 0 Å². The molecule has 0 saturated heterocycles. The number of nitrogens with two attached hydrogens (primary N) is 2. The van der Waals surface area contributed by atoms with Crippen LogP contribution in [-0.2, 0) is 0 Å². The van der Waals surface area contributed by atoms with E-state index in [0.717, 1.165) is 0 Å². The van der Waals surface area contributed by atoms with Crippen molar-refractivity contribution in [1.82, 2.24) is 0 Å². The molecule has 0 spiro atoms. The maximum absolute atomic E-state index is 5.69. The predicted octanol–water partition coefficient (Wildman–Crippen LogP) is 0.0802. The normalized spacial score (nSPS) is 12.7. The van der Waals surface area contributed by atoms with E-state index in [9.17, 15) is 0 Å². The van der Waals surface area contributed by atoms with Crippen LogP contribution in [0.15, 0.2) is 0 Å². The Morgan fingerprint density at radius 1 is 0.778 bits per heavy atom. The molecule has 3 heteroatoms. The molecular weight excluding hydrogens is 127 g/mol. The lowest BCUT2D eigenvalue weighted by Gasteiger charge is -2.34. The summed E-state index contributed by atoms with van der Waals surface area (Å²) >= 11 is 0. The van der Waals surface area contributed by atoms with Gasteiger partial charge in [-0.1, -0.05) is 0 Å². The van der Waals surface area contributed by atoms with Gasteiger partial charge in [0.05, 0.1) is 0 Å². The summed E-state index contributed by atoms with van der Waals surface area (Å²) in [6.45, 7) is 7.69. The molecule has 0 aliphatic carbocycles. The van der Waals surface area contributed by atoms with Crippen molar-refractivity contribution in [2.75, 3.05) is 0 Å². The first kappa shape index (κ1) is 12.2. The molecule has 0 aliphatic heterocycles. The van der Waals surface area contributed by atoms with Crippen molar-refractivity contribution in [3.05, 3.63) is 0 Å². The smallest absolute Gasteiger partial charge is 0.0274 e. The molecule has 0 aromatic carbocycles. The van der Waals surface area contributed by atoms with Gasteiger partial charge in [-0.15, -0.1) is 0 Å². The van der Waals surface area contributed by atoms with E-state index in [1.54, 1.807) is 0 Å². The minimum Gasteiger partial charge on any atom is -0.324 e. The minimum absolute atomic E-state index is 0. The first-order valence-electron chi connectivity index (χ1n) is 2.83. The molecule has 0 aromatic heterocycles. The van der Waals surface area contributed by atoms with E-state index in [1.807, 2.05) is 27.7 Å². The van der Waals surface area contributed by atoms with Gasteiger partial charge in [0, 0.05) is 28.4 Å². The molecule has 0 aromatic rings. The molecule has 0 fully saturated rings. The molecule has 0 unspecified atom stereocenters. The average molecular weight is 143 g/mol. The van der Waals surface area contributed by atoms with Crippen LogP contribution in [0.4, 0.5) is 0 Å². The fraction of sp³-hybridized carbons (Fsp3) is 1.00. The summed E-state index contributed by atoms with van der Waals surface area (Å²) in [6.07, 6.45) is 0. The lowest BCUT2D eigenvalue weighted by molar-refractivity contribution is 0.309. The van der Waals surface area contributed by atoms with Crippen molar-refractivity contribution >= 4 is 17.4 Å². The highest BCUT2D eigenvalue weighted by Crippen LogP contribution is 2.13. The van der Waals surface area contributed by atoms with Gasteiger partial charge in [0.2, 0.25) is 0 Å². The van der Waals surface area contributed by atoms with E-state index in [2.05, 4.69) is 0 Å². The molecule has 9 heavy (non-hydrogen) atoms. The van der Waals surface area contributed by atoms with E-state index in [0.29, 0.717) is 0 Å². The van der Waals surface area contributed by atoms with Crippen molar-refractivity contribution in [2.24, 2.45) is 11.5 Å². The number of hydrogen-bond donors (Lipinski definition) is 2. The molecule has 0 saturated carbocycles. The summed E-state index contributed by atoms with van der Waals surface area (Å²) in [5, 5.41) is 0. The van der Waals surface area contributed by atoms with Gasteiger partial charge in [-0.25, -0.2) is 0 Å². The van der Waals surface area contributed by atoms with E-state index >= 15 is 0 Å². The molecule has 3 radical (unpaired) electrons. The van der Waals surface area contributed by atoms with Crippen LogP contribution in [0, 0.1) is 0 Å². The molecule has 2 nitrogen and oxygen atoms in total. The Balaban J connectivity index is 0. The second kappa shape index (κ2) is 3.03. The summed E-state index contributed by atoms with van der Waals surface area (Å²) in [4.78, 5) is 0. The monoisotopic (exact) mass is 143 g/mol. The molecule has 53 valence electrons. The van der Waals surface area contributed by atoms with Crippen molar-refractivity contribution in [3.8, 4) is 0 Å².